The van der Waals surface area contributed by atoms with Crippen LogP contribution >= 0.6 is 0 Å². The number of esters is 1. The Balaban J connectivity index is 4.29. The molecule has 4 heteroatoms. The minimum Gasteiger partial charge on any atom is -0.463 e. The van der Waals surface area contributed by atoms with Crippen LogP contribution < -0.4 is 0 Å². The fourth-order valence-corrected chi connectivity index (χ4v) is 1.15. The predicted molar refractivity (Wildman–Crippen MR) is 57.2 cm³/mol. The van der Waals surface area contributed by atoms with E-state index in [9.17, 15) is 9.90 Å². The lowest BCUT2D eigenvalue weighted by Gasteiger charge is -2.22. The minimum atomic E-state index is -1.20. The first kappa shape index (κ1) is 14.1. The molecule has 0 saturated heterocycles. The van der Waals surface area contributed by atoms with Crippen molar-refractivity contribution in [3.05, 3.63) is 11.6 Å². The predicted octanol–water partition coefficient (Wildman–Crippen LogP) is 1.63. The molecule has 0 aromatic rings. The van der Waals surface area contributed by atoms with E-state index in [0.29, 0.717) is 12.2 Å². The highest BCUT2D eigenvalue weighted by Gasteiger charge is 2.16. The Bertz CT molecular complexity index is 237. The fourth-order valence-electron chi connectivity index (χ4n) is 1.15. The number of rotatable bonds is 5. The minimum absolute atomic E-state index is 0.339. The van der Waals surface area contributed by atoms with E-state index < -0.39 is 5.79 Å². The number of carbonyl (C=O) groups is 1. The molecule has 0 rings (SSSR count). The molecule has 0 spiro atoms. The first-order valence-electron chi connectivity index (χ1n) is 5.02. The average Bonchev–Trinajstić information content (AvgIpc) is 2.00. The molecule has 0 aliphatic rings. The van der Waals surface area contributed by atoms with Crippen molar-refractivity contribution in [2.45, 2.75) is 46.5 Å². The molecule has 1 N–H and O–H groups in total. The second kappa shape index (κ2) is 5.88. The van der Waals surface area contributed by atoms with E-state index in [1.807, 2.05) is 0 Å². The van der Waals surface area contributed by atoms with Crippen LogP contribution in [0.5, 0.6) is 0 Å². The van der Waals surface area contributed by atoms with Gasteiger partial charge in [0, 0.05) is 5.57 Å². The summed E-state index contributed by atoms with van der Waals surface area (Å²) in [7, 11) is 0. The van der Waals surface area contributed by atoms with Gasteiger partial charge in [-0.25, -0.2) is 4.79 Å². The first-order valence-corrected chi connectivity index (χ1v) is 5.02. The maximum absolute atomic E-state index is 11.2. The average molecular weight is 216 g/mol. The zero-order valence-corrected chi connectivity index (χ0v) is 10.0. The summed E-state index contributed by atoms with van der Waals surface area (Å²) in [6.07, 6.45) is 1.28. The lowest BCUT2D eigenvalue weighted by molar-refractivity contribution is -0.190. The molecule has 0 saturated carbocycles. The first-order chi connectivity index (χ1) is 6.76. The summed E-state index contributed by atoms with van der Waals surface area (Å²) >= 11 is 0. The molecule has 0 unspecified atom stereocenters. The number of carbonyl (C=O) groups excluding carboxylic acids is 1. The van der Waals surface area contributed by atoms with Gasteiger partial charge in [0.25, 0.3) is 0 Å². The molecule has 15 heavy (non-hydrogen) atoms. The maximum atomic E-state index is 11.2. The fraction of sp³-hybridized carbons (Fsp3) is 0.727. The van der Waals surface area contributed by atoms with Crippen molar-refractivity contribution >= 4 is 5.97 Å². The molecule has 4 nitrogen and oxygen atoms in total. The van der Waals surface area contributed by atoms with Crippen molar-refractivity contribution < 1.29 is 19.4 Å². The van der Waals surface area contributed by atoms with Gasteiger partial charge >= 0.3 is 5.97 Å². The molecule has 0 aliphatic carbocycles. The second-order valence-electron chi connectivity index (χ2n) is 3.84. The number of hydrogen-bond acceptors (Lipinski definition) is 4. The van der Waals surface area contributed by atoms with Crippen molar-refractivity contribution in [1.29, 1.82) is 0 Å². The van der Waals surface area contributed by atoms with Crippen LogP contribution in [-0.4, -0.2) is 29.6 Å². The van der Waals surface area contributed by atoms with Gasteiger partial charge in [0.05, 0.1) is 12.7 Å². The van der Waals surface area contributed by atoms with Crippen molar-refractivity contribution in [2.75, 3.05) is 6.61 Å². The SMILES string of the molecule is CCOC(=O)/C(C)=C/[C@H](C)OC(C)(C)O. The monoisotopic (exact) mass is 216 g/mol. The van der Waals surface area contributed by atoms with E-state index in [1.165, 1.54) is 13.8 Å². The van der Waals surface area contributed by atoms with Gasteiger partial charge in [-0.1, -0.05) is 0 Å². The zero-order chi connectivity index (χ0) is 12.1. The van der Waals surface area contributed by atoms with E-state index in [2.05, 4.69) is 0 Å². The molecule has 0 fully saturated rings. The number of hydrogen-bond donors (Lipinski definition) is 1. The van der Waals surface area contributed by atoms with Gasteiger partial charge < -0.3 is 14.6 Å². The van der Waals surface area contributed by atoms with Gasteiger partial charge in [0.1, 0.15) is 0 Å². The van der Waals surface area contributed by atoms with Gasteiger partial charge in [-0.05, 0) is 40.7 Å². The van der Waals surface area contributed by atoms with Crippen LogP contribution in [-0.2, 0) is 14.3 Å². The van der Waals surface area contributed by atoms with Gasteiger partial charge in [-0.15, -0.1) is 0 Å². The molecule has 1 atom stereocenters. The molecule has 0 amide bonds. The van der Waals surface area contributed by atoms with Crippen LogP contribution in [0.15, 0.2) is 11.6 Å². The molecule has 0 bridgehead atoms. The highest BCUT2D eigenvalue weighted by Crippen LogP contribution is 2.10. The lowest BCUT2D eigenvalue weighted by atomic mass is 10.2. The summed E-state index contributed by atoms with van der Waals surface area (Å²) < 4.78 is 10.0. The van der Waals surface area contributed by atoms with Crippen molar-refractivity contribution in [3.8, 4) is 0 Å². The lowest BCUT2D eigenvalue weighted by Crippen LogP contribution is -2.28. The van der Waals surface area contributed by atoms with Crippen LogP contribution in [0, 0.1) is 0 Å². The van der Waals surface area contributed by atoms with Crippen LogP contribution in [0.1, 0.15) is 34.6 Å². The van der Waals surface area contributed by atoms with E-state index in [1.54, 1.807) is 26.8 Å². The van der Waals surface area contributed by atoms with E-state index in [0.717, 1.165) is 0 Å². The molecule has 0 heterocycles. The summed E-state index contributed by atoms with van der Waals surface area (Å²) in [5.41, 5.74) is 0.480. The summed E-state index contributed by atoms with van der Waals surface area (Å²) in [5.74, 6) is -1.56. The molecular formula is C11H20O4. The standard InChI is InChI=1S/C11H20O4/c1-6-14-10(12)8(2)7-9(3)15-11(4,5)13/h7,9,13H,6H2,1-5H3/b8-7+/t9-/m0/s1. The molecule has 0 aliphatic heterocycles. The van der Waals surface area contributed by atoms with Gasteiger partial charge in [0.15, 0.2) is 5.79 Å². The van der Waals surface area contributed by atoms with Gasteiger partial charge in [-0.3, -0.25) is 0 Å². The van der Waals surface area contributed by atoms with Crippen LogP contribution in [0.2, 0.25) is 0 Å². The summed E-state index contributed by atoms with van der Waals surface area (Å²) in [4.78, 5) is 11.2. The Labute approximate surface area is 90.9 Å². The normalized spacial score (nSPS) is 14.9. The summed E-state index contributed by atoms with van der Waals surface area (Å²) in [6, 6.07) is 0. The molecule has 0 aromatic carbocycles. The second-order valence-corrected chi connectivity index (χ2v) is 3.84. The summed E-state index contributed by atoms with van der Waals surface area (Å²) in [6.45, 7) is 8.59. The molecule has 0 aromatic heterocycles. The van der Waals surface area contributed by atoms with E-state index >= 15 is 0 Å². The Morgan fingerprint density at radius 3 is 2.47 bits per heavy atom. The van der Waals surface area contributed by atoms with Crippen molar-refractivity contribution in [1.82, 2.24) is 0 Å². The molecular weight excluding hydrogens is 196 g/mol. The Kier molecular flexibility index (Phi) is 5.54. The largest absolute Gasteiger partial charge is 0.463 e. The smallest absolute Gasteiger partial charge is 0.333 e. The van der Waals surface area contributed by atoms with Gasteiger partial charge in [0.2, 0.25) is 0 Å². The Morgan fingerprint density at radius 2 is 2.07 bits per heavy atom. The third-order valence-electron chi connectivity index (χ3n) is 1.56. The van der Waals surface area contributed by atoms with Crippen molar-refractivity contribution in [3.63, 3.8) is 0 Å². The maximum Gasteiger partial charge on any atom is 0.333 e. The third-order valence-corrected chi connectivity index (χ3v) is 1.56. The zero-order valence-electron chi connectivity index (χ0n) is 10.0. The van der Waals surface area contributed by atoms with E-state index in [4.69, 9.17) is 9.47 Å². The van der Waals surface area contributed by atoms with Gasteiger partial charge in [-0.2, -0.15) is 0 Å². The molecule has 88 valence electrons. The van der Waals surface area contributed by atoms with Crippen molar-refractivity contribution in [2.24, 2.45) is 0 Å². The quantitative estimate of drug-likeness (QED) is 0.431. The molecule has 0 radical (unpaired) electrons. The number of ether oxygens (including phenoxy) is 2. The van der Waals surface area contributed by atoms with E-state index in [-0.39, 0.29) is 12.1 Å². The van der Waals surface area contributed by atoms with Crippen LogP contribution in [0.3, 0.4) is 0 Å². The topological polar surface area (TPSA) is 55.8 Å². The van der Waals surface area contributed by atoms with Crippen LogP contribution in [0.25, 0.3) is 0 Å². The highest BCUT2D eigenvalue weighted by atomic mass is 16.6. The number of aliphatic hydroxyl groups is 1. The Morgan fingerprint density at radius 1 is 1.53 bits per heavy atom. The highest BCUT2D eigenvalue weighted by molar-refractivity contribution is 5.87. The third kappa shape index (κ3) is 7.11. The van der Waals surface area contributed by atoms with Crippen LogP contribution in [0.4, 0.5) is 0 Å². The summed E-state index contributed by atoms with van der Waals surface area (Å²) in [5, 5.41) is 9.38. The Hall–Kier alpha value is -0.870.